The molecular formula is C18H18N4O3S. The Labute approximate surface area is 154 Å². The Bertz CT molecular complexity index is 968. The minimum absolute atomic E-state index is 0.0259. The number of amides is 1. The lowest BCUT2D eigenvalue weighted by Gasteiger charge is -2.05. The summed E-state index contributed by atoms with van der Waals surface area (Å²) in [5.74, 6) is 0.235. The maximum atomic E-state index is 12.0. The van der Waals surface area contributed by atoms with Crippen molar-refractivity contribution in [1.82, 2.24) is 15.0 Å². The summed E-state index contributed by atoms with van der Waals surface area (Å²) in [7, 11) is 3.38. The first-order valence-electron chi connectivity index (χ1n) is 7.82. The highest BCUT2D eigenvalue weighted by molar-refractivity contribution is 7.99. The largest absolute Gasteiger partial charge is 0.504 e. The van der Waals surface area contributed by atoms with Crippen LogP contribution in [0.15, 0.2) is 52.7 Å². The number of aromatic hydroxyl groups is 1. The molecule has 0 bridgehead atoms. The number of hydrazone groups is 1. The van der Waals surface area contributed by atoms with E-state index < -0.39 is 0 Å². The lowest BCUT2D eigenvalue weighted by Crippen LogP contribution is -2.19. The number of phenolic OH excluding ortho intramolecular Hbond substituents is 1. The zero-order valence-corrected chi connectivity index (χ0v) is 15.2. The van der Waals surface area contributed by atoms with Crippen molar-refractivity contribution in [2.75, 3.05) is 12.9 Å². The van der Waals surface area contributed by atoms with Gasteiger partial charge in [-0.05, 0) is 24.3 Å². The summed E-state index contributed by atoms with van der Waals surface area (Å²) in [5.41, 5.74) is 4.80. The molecule has 3 rings (SSSR count). The molecule has 7 nitrogen and oxygen atoms in total. The van der Waals surface area contributed by atoms with Gasteiger partial charge in [0, 0.05) is 12.6 Å². The second-order valence-electron chi connectivity index (χ2n) is 5.42. The topological polar surface area (TPSA) is 88.7 Å². The highest BCUT2D eigenvalue weighted by atomic mass is 32.2. The summed E-state index contributed by atoms with van der Waals surface area (Å²) in [6.45, 7) is 0. The number of thioether (sulfide) groups is 1. The number of rotatable bonds is 6. The number of hydrogen-bond acceptors (Lipinski definition) is 6. The Hall–Kier alpha value is -3.00. The fourth-order valence-corrected chi connectivity index (χ4v) is 3.18. The Kier molecular flexibility index (Phi) is 5.43. The minimum Gasteiger partial charge on any atom is -0.504 e. The molecule has 8 heteroatoms. The van der Waals surface area contributed by atoms with Crippen LogP contribution in [0, 0.1) is 0 Å². The summed E-state index contributed by atoms with van der Waals surface area (Å²) in [5, 5.41) is 14.6. The van der Waals surface area contributed by atoms with E-state index in [4.69, 9.17) is 4.74 Å². The van der Waals surface area contributed by atoms with Crippen molar-refractivity contribution in [1.29, 1.82) is 0 Å². The number of carbonyl (C=O) groups is 1. The number of imidazole rings is 1. The third kappa shape index (κ3) is 3.80. The van der Waals surface area contributed by atoms with Crippen molar-refractivity contribution in [2.24, 2.45) is 12.1 Å². The van der Waals surface area contributed by atoms with Crippen molar-refractivity contribution < 1.29 is 14.6 Å². The zero-order chi connectivity index (χ0) is 18.5. The van der Waals surface area contributed by atoms with Crippen LogP contribution in [0.2, 0.25) is 0 Å². The first-order valence-corrected chi connectivity index (χ1v) is 8.81. The van der Waals surface area contributed by atoms with Crippen molar-refractivity contribution in [2.45, 2.75) is 5.16 Å². The van der Waals surface area contributed by atoms with Gasteiger partial charge in [0.15, 0.2) is 16.7 Å². The SMILES string of the molecule is COc1cccc(/C=N/NC(=O)CSc2nc3ccccc3n2C)c1O. The fraction of sp³-hybridized carbons (Fsp3) is 0.167. The molecule has 0 unspecified atom stereocenters. The molecule has 0 fully saturated rings. The lowest BCUT2D eigenvalue weighted by molar-refractivity contribution is -0.118. The molecule has 0 spiro atoms. The fourth-order valence-electron chi connectivity index (χ4n) is 2.40. The molecule has 134 valence electrons. The number of hydrogen-bond donors (Lipinski definition) is 2. The molecule has 0 aliphatic heterocycles. The van der Waals surface area contributed by atoms with Gasteiger partial charge in [-0.2, -0.15) is 5.10 Å². The minimum atomic E-state index is -0.263. The molecule has 0 aliphatic carbocycles. The average Bonchev–Trinajstić information content (AvgIpc) is 2.98. The molecule has 3 aromatic rings. The summed E-state index contributed by atoms with van der Waals surface area (Å²) in [6.07, 6.45) is 1.37. The van der Waals surface area contributed by atoms with Gasteiger partial charge >= 0.3 is 0 Å². The molecular weight excluding hydrogens is 352 g/mol. The van der Waals surface area contributed by atoms with E-state index in [-0.39, 0.29) is 17.4 Å². The van der Waals surface area contributed by atoms with E-state index in [1.807, 2.05) is 35.9 Å². The van der Waals surface area contributed by atoms with E-state index >= 15 is 0 Å². The van der Waals surface area contributed by atoms with Gasteiger partial charge in [-0.25, -0.2) is 10.4 Å². The van der Waals surface area contributed by atoms with Crippen molar-refractivity contribution >= 4 is 34.9 Å². The number of para-hydroxylation sites is 3. The predicted octanol–water partition coefficient (Wildman–Crippen LogP) is 2.53. The molecule has 1 aromatic heterocycles. The molecule has 0 saturated heterocycles. The maximum Gasteiger partial charge on any atom is 0.250 e. The highest BCUT2D eigenvalue weighted by Crippen LogP contribution is 2.28. The standard InChI is InChI=1S/C18H18N4O3S/c1-22-14-8-4-3-7-13(14)20-18(22)26-11-16(23)21-19-10-12-6-5-9-15(25-2)17(12)24/h3-10,24H,11H2,1-2H3,(H,21,23)/b19-10+. The predicted molar refractivity (Wildman–Crippen MR) is 102 cm³/mol. The van der Waals surface area contributed by atoms with Crippen LogP contribution in [0.5, 0.6) is 11.5 Å². The number of nitrogens with one attached hydrogen (secondary N) is 1. The van der Waals surface area contributed by atoms with Crippen LogP contribution in [0.3, 0.4) is 0 Å². The number of phenols is 1. The van der Waals surface area contributed by atoms with E-state index in [1.165, 1.54) is 25.1 Å². The van der Waals surface area contributed by atoms with Crippen LogP contribution < -0.4 is 10.2 Å². The van der Waals surface area contributed by atoms with Crippen LogP contribution in [-0.4, -0.2) is 39.6 Å². The number of ether oxygens (including phenoxy) is 1. The molecule has 0 aliphatic rings. The van der Waals surface area contributed by atoms with E-state index in [9.17, 15) is 9.90 Å². The van der Waals surface area contributed by atoms with Crippen LogP contribution in [0.25, 0.3) is 11.0 Å². The van der Waals surface area contributed by atoms with Crippen molar-refractivity contribution in [3.8, 4) is 11.5 Å². The van der Waals surface area contributed by atoms with E-state index in [0.29, 0.717) is 11.3 Å². The smallest absolute Gasteiger partial charge is 0.250 e. The summed E-state index contributed by atoms with van der Waals surface area (Å²) < 4.78 is 6.97. The van der Waals surface area contributed by atoms with Gasteiger partial charge in [0.25, 0.3) is 5.91 Å². The van der Waals surface area contributed by atoms with Crippen LogP contribution >= 0.6 is 11.8 Å². The molecule has 1 heterocycles. The summed E-state index contributed by atoms with van der Waals surface area (Å²) >= 11 is 1.33. The Morgan fingerprint density at radius 1 is 1.35 bits per heavy atom. The van der Waals surface area contributed by atoms with Crippen molar-refractivity contribution in [3.63, 3.8) is 0 Å². The molecule has 2 N–H and O–H groups in total. The highest BCUT2D eigenvalue weighted by Gasteiger charge is 2.10. The van der Waals surface area contributed by atoms with Gasteiger partial charge in [-0.15, -0.1) is 0 Å². The number of fused-ring (bicyclic) bond motifs is 1. The Morgan fingerprint density at radius 2 is 2.15 bits per heavy atom. The first-order chi connectivity index (χ1) is 12.6. The maximum absolute atomic E-state index is 12.0. The number of nitrogens with zero attached hydrogens (tertiary/aromatic N) is 3. The third-order valence-corrected chi connectivity index (χ3v) is 4.75. The van der Waals surface area contributed by atoms with Gasteiger partial charge in [-0.3, -0.25) is 4.79 Å². The Morgan fingerprint density at radius 3 is 2.92 bits per heavy atom. The number of methoxy groups -OCH3 is 1. The van der Waals surface area contributed by atoms with Crippen LogP contribution in [-0.2, 0) is 11.8 Å². The number of aromatic nitrogens is 2. The quantitative estimate of drug-likeness (QED) is 0.395. The number of carbonyl (C=O) groups excluding carboxylic acids is 1. The van der Waals surface area contributed by atoms with Gasteiger partial charge in [0.05, 0.1) is 30.1 Å². The second-order valence-corrected chi connectivity index (χ2v) is 6.36. The van der Waals surface area contributed by atoms with E-state index in [2.05, 4.69) is 15.5 Å². The molecule has 0 atom stereocenters. The van der Waals surface area contributed by atoms with E-state index in [0.717, 1.165) is 16.2 Å². The normalized spacial score (nSPS) is 11.2. The number of aryl methyl sites for hydroxylation is 1. The lowest BCUT2D eigenvalue weighted by atomic mass is 10.2. The molecule has 0 radical (unpaired) electrons. The second kappa shape index (κ2) is 7.92. The van der Waals surface area contributed by atoms with Gasteiger partial charge in [-0.1, -0.05) is 30.0 Å². The van der Waals surface area contributed by atoms with Crippen LogP contribution in [0.1, 0.15) is 5.56 Å². The first kappa shape index (κ1) is 17.8. The number of benzene rings is 2. The van der Waals surface area contributed by atoms with E-state index in [1.54, 1.807) is 18.2 Å². The van der Waals surface area contributed by atoms with Gasteiger partial charge in [0.1, 0.15) is 0 Å². The zero-order valence-electron chi connectivity index (χ0n) is 14.3. The average molecular weight is 370 g/mol. The monoisotopic (exact) mass is 370 g/mol. The Balaban J connectivity index is 1.58. The van der Waals surface area contributed by atoms with Gasteiger partial charge in [0.2, 0.25) is 0 Å². The summed E-state index contributed by atoms with van der Waals surface area (Å²) in [4.78, 5) is 16.5. The molecule has 26 heavy (non-hydrogen) atoms. The van der Waals surface area contributed by atoms with Crippen LogP contribution in [0.4, 0.5) is 0 Å². The van der Waals surface area contributed by atoms with Gasteiger partial charge < -0.3 is 14.4 Å². The third-order valence-electron chi connectivity index (χ3n) is 3.72. The molecule has 1 amide bonds. The molecule has 2 aromatic carbocycles. The summed E-state index contributed by atoms with van der Waals surface area (Å²) in [6, 6.07) is 12.8. The molecule has 0 saturated carbocycles. The van der Waals surface area contributed by atoms with Crippen molar-refractivity contribution in [3.05, 3.63) is 48.0 Å².